The van der Waals surface area contributed by atoms with Gasteiger partial charge in [0.05, 0.1) is 0 Å². The van der Waals surface area contributed by atoms with E-state index in [-0.39, 0.29) is 0 Å². The Balaban J connectivity index is 2.36. The summed E-state index contributed by atoms with van der Waals surface area (Å²) in [4.78, 5) is 6.37. The van der Waals surface area contributed by atoms with Crippen molar-refractivity contribution in [2.45, 2.75) is 26.4 Å². The summed E-state index contributed by atoms with van der Waals surface area (Å²) >= 11 is 0. The second-order valence-corrected chi connectivity index (χ2v) is 4.35. The minimum Gasteiger partial charge on any atom is -0.309 e. The van der Waals surface area contributed by atoms with Gasteiger partial charge in [-0.1, -0.05) is 0 Å². The van der Waals surface area contributed by atoms with E-state index in [0.29, 0.717) is 6.04 Å². The van der Waals surface area contributed by atoms with Gasteiger partial charge in [-0.3, -0.25) is 4.98 Å². The molecular weight excluding hydrogens is 186 g/mol. The average Bonchev–Trinajstić information content (AvgIpc) is 2.14. The molecule has 3 heteroatoms. The van der Waals surface area contributed by atoms with Crippen LogP contribution in [0.15, 0.2) is 18.3 Å². The molecule has 84 valence electrons. The first-order valence-corrected chi connectivity index (χ1v) is 5.37. The lowest BCUT2D eigenvalue weighted by Crippen LogP contribution is -2.35. The van der Waals surface area contributed by atoms with Gasteiger partial charge in [-0.05, 0) is 45.6 Å². The molecule has 0 aromatic carbocycles. The summed E-state index contributed by atoms with van der Waals surface area (Å²) in [5.74, 6) is 0. The second kappa shape index (κ2) is 5.83. The third-order valence-corrected chi connectivity index (χ3v) is 2.25. The number of likely N-dealkylation sites (N-methyl/N-ethyl adjacent to an activating group) is 1. The van der Waals surface area contributed by atoms with Crippen LogP contribution in [-0.2, 0) is 6.54 Å². The highest BCUT2D eigenvalue weighted by Crippen LogP contribution is 2.00. The molecular formula is C12H21N3. The number of nitrogens with one attached hydrogen (secondary N) is 1. The summed E-state index contributed by atoms with van der Waals surface area (Å²) in [6.45, 7) is 6.20. The van der Waals surface area contributed by atoms with E-state index < -0.39 is 0 Å². The Labute approximate surface area is 92.5 Å². The van der Waals surface area contributed by atoms with Crippen LogP contribution < -0.4 is 5.32 Å². The Kier molecular flexibility index (Phi) is 4.72. The van der Waals surface area contributed by atoms with E-state index in [1.807, 2.05) is 13.1 Å². The Bertz CT molecular complexity index is 297. The zero-order chi connectivity index (χ0) is 11.3. The van der Waals surface area contributed by atoms with Crippen molar-refractivity contribution in [1.82, 2.24) is 15.2 Å². The Hall–Kier alpha value is -0.930. The molecule has 1 heterocycles. The summed E-state index contributed by atoms with van der Waals surface area (Å²) in [6, 6.07) is 4.69. The molecule has 0 saturated heterocycles. The van der Waals surface area contributed by atoms with Gasteiger partial charge in [-0.25, -0.2) is 0 Å². The molecule has 1 atom stereocenters. The highest BCUT2D eigenvalue weighted by Gasteiger charge is 2.02. The summed E-state index contributed by atoms with van der Waals surface area (Å²) in [5.41, 5.74) is 2.38. The van der Waals surface area contributed by atoms with Gasteiger partial charge in [-0.2, -0.15) is 0 Å². The molecule has 1 unspecified atom stereocenters. The van der Waals surface area contributed by atoms with Crippen molar-refractivity contribution in [3.05, 3.63) is 29.6 Å². The van der Waals surface area contributed by atoms with E-state index >= 15 is 0 Å². The van der Waals surface area contributed by atoms with Crippen LogP contribution in [0, 0.1) is 6.92 Å². The number of pyridine rings is 1. The van der Waals surface area contributed by atoms with Crippen LogP contribution in [0.2, 0.25) is 0 Å². The fraction of sp³-hybridized carbons (Fsp3) is 0.583. The molecule has 1 aromatic rings. The Morgan fingerprint density at radius 2 is 2.20 bits per heavy atom. The molecule has 0 fully saturated rings. The van der Waals surface area contributed by atoms with Gasteiger partial charge >= 0.3 is 0 Å². The number of hydrogen-bond donors (Lipinski definition) is 1. The van der Waals surface area contributed by atoms with Crippen LogP contribution in [0.25, 0.3) is 0 Å². The predicted octanol–water partition coefficient (Wildman–Crippen LogP) is 1.43. The summed E-state index contributed by atoms with van der Waals surface area (Å²) < 4.78 is 0. The van der Waals surface area contributed by atoms with E-state index in [9.17, 15) is 0 Å². The van der Waals surface area contributed by atoms with E-state index in [2.05, 4.69) is 48.4 Å². The molecule has 1 aromatic heterocycles. The molecule has 0 aliphatic rings. The standard InChI is InChI=1S/C12H21N3/c1-10-7-12(5-6-13-10)8-14-11(2)9-15(3)4/h5-7,11,14H,8-9H2,1-4H3. The fourth-order valence-electron chi connectivity index (χ4n) is 1.62. The van der Waals surface area contributed by atoms with Crippen LogP contribution in [0.1, 0.15) is 18.2 Å². The van der Waals surface area contributed by atoms with E-state index in [1.54, 1.807) is 0 Å². The number of nitrogens with zero attached hydrogens (tertiary/aromatic N) is 2. The third kappa shape index (κ3) is 4.91. The summed E-state index contributed by atoms with van der Waals surface area (Å²) in [7, 11) is 4.18. The van der Waals surface area contributed by atoms with E-state index in [1.165, 1.54) is 5.56 Å². The molecule has 0 saturated carbocycles. The lowest BCUT2D eigenvalue weighted by Gasteiger charge is -2.18. The second-order valence-electron chi connectivity index (χ2n) is 4.35. The molecule has 15 heavy (non-hydrogen) atoms. The number of aromatic nitrogens is 1. The molecule has 3 nitrogen and oxygen atoms in total. The maximum Gasteiger partial charge on any atom is 0.0375 e. The highest BCUT2D eigenvalue weighted by atomic mass is 15.1. The van der Waals surface area contributed by atoms with Crippen LogP contribution in [-0.4, -0.2) is 36.6 Å². The average molecular weight is 207 g/mol. The van der Waals surface area contributed by atoms with Crippen molar-refractivity contribution >= 4 is 0 Å². The number of aryl methyl sites for hydroxylation is 1. The molecule has 0 bridgehead atoms. The molecule has 0 radical (unpaired) electrons. The largest absolute Gasteiger partial charge is 0.309 e. The Morgan fingerprint density at radius 3 is 2.80 bits per heavy atom. The molecule has 1 rings (SSSR count). The SMILES string of the molecule is Cc1cc(CNC(C)CN(C)C)ccn1. The van der Waals surface area contributed by atoms with E-state index in [0.717, 1.165) is 18.8 Å². The minimum absolute atomic E-state index is 0.508. The monoisotopic (exact) mass is 207 g/mol. The highest BCUT2D eigenvalue weighted by molar-refractivity contribution is 5.15. The lowest BCUT2D eigenvalue weighted by atomic mass is 10.2. The summed E-state index contributed by atoms with van der Waals surface area (Å²) in [6.07, 6.45) is 1.86. The van der Waals surface area contributed by atoms with Crippen molar-refractivity contribution in [1.29, 1.82) is 0 Å². The van der Waals surface area contributed by atoms with Crippen molar-refractivity contribution in [2.24, 2.45) is 0 Å². The van der Waals surface area contributed by atoms with Gasteiger partial charge in [-0.15, -0.1) is 0 Å². The number of hydrogen-bond acceptors (Lipinski definition) is 3. The van der Waals surface area contributed by atoms with Crippen LogP contribution >= 0.6 is 0 Å². The lowest BCUT2D eigenvalue weighted by molar-refractivity contribution is 0.349. The van der Waals surface area contributed by atoms with Crippen LogP contribution in [0.4, 0.5) is 0 Å². The molecule has 0 spiro atoms. The smallest absolute Gasteiger partial charge is 0.0375 e. The van der Waals surface area contributed by atoms with Crippen molar-refractivity contribution < 1.29 is 0 Å². The maximum atomic E-state index is 4.18. The van der Waals surface area contributed by atoms with E-state index in [4.69, 9.17) is 0 Å². The zero-order valence-corrected chi connectivity index (χ0v) is 10.1. The number of rotatable bonds is 5. The van der Waals surface area contributed by atoms with Gasteiger partial charge in [0.15, 0.2) is 0 Å². The molecule has 0 aliphatic carbocycles. The normalized spacial score (nSPS) is 13.1. The van der Waals surface area contributed by atoms with Gasteiger partial charge in [0, 0.05) is 31.0 Å². The van der Waals surface area contributed by atoms with Crippen molar-refractivity contribution in [3.63, 3.8) is 0 Å². The summed E-state index contributed by atoms with van der Waals surface area (Å²) in [5, 5.41) is 3.49. The predicted molar refractivity (Wildman–Crippen MR) is 63.8 cm³/mol. The molecule has 0 amide bonds. The van der Waals surface area contributed by atoms with Gasteiger partial charge < -0.3 is 10.2 Å². The van der Waals surface area contributed by atoms with Gasteiger partial charge in [0.2, 0.25) is 0 Å². The quantitative estimate of drug-likeness (QED) is 0.791. The molecule has 0 aliphatic heterocycles. The topological polar surface area (TPSA) is 28.2 Å². The van der Waals surface area contributed by atoms with Crippen molar-refractivity contribution in [2.75, 3.05) is 20.6 Å². The first kappa shape index (κ1) is 12.1. The fourth-order valence-corrected chi connectivity index (χ4v) is 1.62. The van der Waals surface area contributed by atoms with Crippen molar-refractivity contribution in [3.8, 4) is 0 Å². The third-order valence-electron chi connectivity index (χ3n) is 2.25. The zero-order valence-electron chi connectivity index (χ0n) is 10.1. The van der Waals surface area contributed by atoms with Crippen LogP contribution in [0.3, 0.4) is 0 Å². The first-order chi connectivity index (χ1) is 7.08. The minimum atomic E-state index is 0.508. The van der Waals surface area contributed by atoms with Gasteiger partial charge in [0.1, 0.15) is 0 Å². The first-order valence-electron chi connectivity index (χ1n) is 5.37. The maximum absolute atomic E-state index is 4.18. The molecule has 1 N–H and O–H groups in total. The Morgan fingerprint density at radius 1 is 1.47 bits per heavy atom. The van der Waals surface area contributed by atoms with Gasteiger partial charge in [0.25, 0.3) is 0 Å². The van der Waals surface area contributed by atoms with Crippen LogP contribution in [0.5, 0.6) is 0 Å².